The summed E-state index contributed by atoms with van der Waals surface area (Å²) in [5.41, 5.74) is 6.36. The Morgan fingerprint density at radius 3 is 2.83 bits per heavy atom. The topological polar surface area (TPSA) is 68.0 Å². The van der Waals surface area contributed by atoms with E-state index in [9.17, 15) is 9.18 Å². The average molecular weight is 335 g/mol. The van der Waals surface area contributed by atoms with Gasteiger partial charge in [-0.15, -0.1) is 11.3 Å². The number of rotatable bonds is 7. The van der Waals surface area contributed by atoms with Crippen molar-refractivity contribution in [2.24, 2.45) is 5.73 Å². The monoisotopic (exact) mass is 335 g/mol. The van der Waals surface area contributed by atoms with Crippen molar-refractivity contribution in [2.75, 3.05) is 13.1 Å². The molecule has 3 N–H and O–H groups in total. The molecule has 1 amide bonds. The normalized spacial score (nSPS) is 11.5. The molecule has 0 aliphatic heterocycles. The van der Waals surface area contributed by atoms with Crippen molar-refractivity contribution in [3.8, 4) is 0 Å². The van der Waals surface area contributed by atoms with Gasteiger partial charge in [0, 0.05) is 23.8 Å². The second-order valence-electron chi connectivity index (χ2n) is 6.09. The maximum Gasteiger partial charge on any atom is 0.226 e. The van der Waals surface area contributed by atoms with Crippen molar-refractivity contribution in [3.63, 3.8) is 0 Å². The van der Waals surface area contributed by atoms with Gasteiger partial charge in [-0.05, 0) is 18.2 Å². The fraction of sp³-hybridized carbons (Fsp3) is 0.412. The zero-order valence-corrected chi connectivity index (χ0v) is 14.3. The molecule has 4 nitrogen and oxygen atoms in total. The van der Waals surface area contributed by atoms with Gasteiger partial charge in [0.2, 0.25) is 5.91 Å². The highest BCUT2D eigenvalue weighted by Crippen LogP contribution is 2.24. The maximum absolute atomic E-state index is 13.9. The molecule has 1 heterocycles. The second kappa shape index (κ2) is 7.66. The van der Waals surface area contributed by atoms with Crippen LogP contribution >= 0.6 is 11.3 Å². The molecule has 0 aliphatic rings. The first-order chi connectivity index (χ1) is 10.9. The summed E-state index contributed by atoms with van der Waals surface area (Å²) in [6.07, 6.45) is 0.959. The third-order valence-electron chi connectivity index (χ3n) is 3.63. The molecule has 1 aromatic carbocycles. The molecule has 0 atom stereocenters. The Kier molecular flexibility index (Phi) is 5.85. The highest BCUT2D eigenvalue weighted by atomic mass is 32.1. The van der Waals surface area contributed by atoms with Gasteiger partial charge in [0.25, 0.3) is 0 Å². The van der Waals surface area contributed by atoms with Crippen molar-refractivity contribution >= 4 is 17.2 Å². The SMILES string of the molecule is CC(C)(CNC(=O)Cc1csc(CCN)n1)c1ccccc1F. The number of carbonyl (C=O) groups is 1. The lowest BCUT2D eigenvalue weighted by molar-refractivity contribution is -0.120. The number of halogens is 1. The van der Waals surface area contributed by atoms with Crippen LogP contribution in [0, 0.1) is 5.82 Å². The summed E-state index contributed by atoms with van der Waals surface area (Å²) in [4.78, 5) is 16.5. The number of nitrogens with two attached hydrogens (primary N) is 1. The lowest BCUT2D eigenvalue weighted by atomic mass is 9.84. The molecule has 0 bridgehead atoms. The molecular weight excluding hydrogens is 313 g/mol. The summed E-state index contributed by atoms with van der Waals surface area (Å²) in [5, 5.41) is 5.70. The van der Waals surface area contributed by atoms with E-state index in [4.69, 9.17) is 5.73 Å². The van der Waals surface area contributed by atoms with Gasteiger partial charge in [-0.2, -0.15) is 0 Å². The van der Waals surface area contributed by atoms with E-state index in [0.29, 0.717) is 18.7 Å². The molecule has 6 heteroatoms. The zero-order valence-electron chi connectivity index (χ0n) is 13.4. The van der Waals surface area contributed by atoms with Crippen LogP contribution in [-0.2, 0) is 23.1 Å². The number of benzene rings is 1. The summed E-state index contributed by atoms with van der Waals surface area (Å²) in [6.45, 7) is 4.74. The zero-order chi connectivity index (χ0) is 16.9. The van der Waals surface area contributed by atoms with Crippen LogP contribution < -0.4 is 11.1 Å². The number of nitrogens with one attached hydrogen (secondary N) is 1. The van der Waals surface area contributed by atoms with E-state index in [2.05, 4.69) is 10.3 Å². The lowest BCUT2D eigenvalue weighted by Crippen LogP contribution is -2.38. The maximum atomic E-state index is 13.9. The van der Waals surface area contributed by atoms with Crippen LogP contribution in [-0.4, -0.2) is 24.0 Å². The van der Waals surface area contributed by atoms with Crippen molar-refractivity contribution < 1.29 is 9.18 Å². The van der Waals surface area contributed by atoms with E-state index < -0.39 is 5.41 Å². The molecule has 0 saturated carbocycles. The molecule has 124 valence electrons. The van der Waals surface area contributed by atoms with Crippen LogP contribution in [0.3, 0.4) is 0 Å². The van der Waals surface area contributed by atoms with E-state index >= 15 is 0 Å². The van der Waals surface area contributed by atoms with Gasteiger partial charge in [-0.1, -0.05) is 32.0 Å². The van der Waals surface area contributed by atoms with E-state index in [1.807, 2.05) is 19.2 Å². The second-order valence-corrected chi connectivity index (χ2v) is 7.03. The molecule has 2 aromatic rings. The van der Waals surface area contributed by atoms with E-state index in [1.165, 1.54) is 17.4 Å². The Balaban J connectivity index is 1.91. The Morgan fingerprint density at radius 1 is 1.39 bits per heavy atom. The summed E-state index contributed by atoms with van der Waals surface area (Å²) in [7, 11) is 0. The first-order valence-electron chi connectivity index (χ1n) is 7.57. The van der Waals surface area contributed by atoms with Gasteiger partial charge >= 0.3 is 0 Å². The fourth-order valence-electron chi connectivity index (χ4n) is 2.32. The minimum Gasteiger partial charge on any atom is -0.355 e. The third kappa shape index (κ3) is 4.84. The largest absolute Gasteiger partial charge is 0.355 e. The van der Waals surface area contributed by atoms with Crippen LogP contribution in [0.1, 0.15) is 30.1 Å². The van der Waals surface area contributed by atoms with Crippen LogP contribution in [0.5, 0.6) is 0 Å². The molecule has 2 rings (SSSR count). The third-order valence-corrected chi connectivity index (χ3v) is 4.59. The number of nitrogens with zero attached hydrogens (tertiary/aromatic N) is 1. The number of thiazole rings is 1. The van der Waals surface area contributed by atoms with Crippen LogP contribution in [0.25, 0.3) is 0 Å². The lowest BCUT2D eigenvalue weighted by Gasteiger charge is -2.26. The number of carbonyl (C=O) groups excluding carboxylic acids is 1. The Hall–Kier alpha value is -1.79. The van der Waals surface area contributed by atoms with Gasteiger partial charge in [-0.3, -0.25) is 4.79 Å². The predicted molar refractivity (Wildman–Crippen MR) is 91.0 cm³/mol. The summed E-state index contributed by atoms with van der Waals surface area (Å²) < 4.78 is 13.9. The number of aromatic nitrogens is 1. The van der Waals surface area contributed by atoms with E-state index in [0.717, 1.165) is 17.1 Å². The highest BCUT2D eigenvalue weighted by Gasteiger charge is 2.24. The van der Waals surface area contributed by atoms with Gasteiger partial charge < -0.3 is 11.1 Å². The number of amides is 1. The Bertz CT molecular complexity index is 669. The van der Waals surface area contributed by atoms with Crippen LogP contribution in [0.4, 0.5) is 4.39 Å². The van der Waals surface area contributed by atoms with E-state index in [-0.39, 0.29) is 18.1 Å². The van der Waals surface area contributed by atoms with E-state index in [1.54, 1.807) is 18.2 Å². The summed E-state index contributed by atoms with van der Waals surface area (Å²) in [6, 6.07) is 6.65. The summed E-state index contributed by atoms with van der Waals surface area (Å²) >= 11 is 1.52. The molecule has 0 aliphatic carbocycles. The van der Waals surface area contributed by atoms with Crippen molar-refractivity contribution in [3.05, 3.63) is 51.7 Å². The fourth-order valence-corrected chi connectivity index (χ4v) is 3.13. The van der Waals surface area contributed by atoms with Crippen LogP contribution in [0.15, 0.2) is 29.6 Å². The standard InChI is InChI=1S/C17H22FN3OS/c1-17(2,13-5-3-4-6-14(13)18)11-20-15(22)9-12-10-23-16(21-12)7-8-19/h3-6,10H,7-9,11,19H2,1-2H3,(H,20,22). The van der Waals surface area contributed by atoms with Crippen molar-refractivity contribution in [2.45, 2.75) is 32.1 Å². The Labute approximate surface area is 139 Å². The Morgan fingerprint density at radius 2 is 2.13 bits per heavy atom. The predicted octanol–water partition coefficient (Wildman–Crippen LogP) is 2.42. The smallest absolute Gasteiger partial charge is 0.226 e. The minimum atomic E-state index is -0.478. The molecule has 0 spiro atoms. The number of hydrogen-bond acceptors (Lipinski definition) is 4. The molecule has 0 unspecified atom stereocenters. The minimum absolute atomic E-state index is 0.112. The van der Waals surface area contributed by atoms with Gasteiger partial charge in [0.1, 0.15) is 5.82 Å². The molecule has 23 heavy (non-hydrogen) atoms. The van der Waals surface area contributed by atoms with Gasteiger partial charge in [-0.25, -0.2) is 9.37 Å². The highest BCUT2D eigenvalue weighted by molar-refractivity contribution is 7.09. The van der Waals surface area contributed by atoms with Gasteiger partial charge in [0.15, 0.2) is 0 Å². The average Bonchev–Trinajstić information content (AvgIpc) is 2.93. The van der Waals surface area contributed by atoms with Crippen molar-refractivity contribution in [1.82, 2.24) is 10.3 Å². The first kappa shape index (κ1) is 17.6. The molecule has 0 saturated heterocycles. The molecule has 1 aromatic heterocycles. The quantitative estimate of drug-likeness (QED) is 0.816. The molecule has 0 radical (unpaired) electrons. The summed E-state index contributed by atoms with van der Waals surface area (Å²) in [5.74, 6) is -0.364. The molecular formula is C17H22FN3OS. The first-order valence-corrected chi connectivity index (χ1v) is 8.45. The van der Waals surface area contributed by atoms with Crippen LogP contribution in [0.2, 0.25) is 0 Å². The molecule has 0 fully saturated rings. The van der Waals surface area contributed by atoms with Crippen molar-refractivity contribution in [1.29, 1.82) is 0 Å². The van der Waals surface area contributed by atoms with Gasteiger partial charge in [0.05, 0.1) is 17.1 Å². The number of hydrogen-bond donors (Lipinski definition) is 2.